The number of amides is 2. The van der Waals surface area contributed by atoms with Crippen molar-refractivity contribution in [3.8, 4) is 11.4 Å². The van der Waals surface area contributed by atoms with Crippen molar-refractivity contribution in [2.24, 2.45) is 0 Å². The van der Waals surface area contributed by atoms with Gasteiger partial charge in [-0.1, -0.05) is 227 Å². The molecule has 4 heterocycles. The summed E-state index contributed by atoms with van der Waals surface area (Å²) in [5.41, 5.74) is 14.1. The predicted molar refractivity (Wildman–Crippen MR) is 365 cm³/mol. The van der Waals surface area contributed by atoms with Gasteiger partial charge in [-0.15, -0.1) is 0 Å². The van der Waals surface area contributed by atoms with E-state index in [1.54, 1.807) is 12.5 Å². The van der Waals surface area contributed by atoms with Crippen molar-refractivity contribution in [2.75, 3.05) is 57.3 Å². The first-order chi connectivity index (χ1) is 40.5. The second-order valence-corrected chi connectivity index (χ2v) is 30.0. The number of piperazine rings is 1. The van der Waals surface area contributed by atoms with E-state index in [-0.39, 0.29) is 38.9 Å². The van der Waals surface area contributed by atoms with Crippen LogP contribution >= 0.6 is 0 Å². The van der Waals surface area contributed by atoms with Gasteiger partial charge in [-0.3, -0.25) is 19.6 Å². The average Bonchev–Trinajstić information content (AvgIpc) is 3.68. The minimum atomic E-state index is 0.146. The summed E-state index contributed by atoms with van der Waals surface area (Å²) >= 11 is 0. The molecule has 1 aromatic heterocycles. The van der Waals surface area contributed by atoms with E-state index in [4.69, 9.17) is 0 Å². The molecule has 4 fully saturated rings. The van der Waals surface area contributed by atoms with Crippen molar-refractivity contribution < 1.29 is 9.59 Å². The minimum absolute atomic E-state index is 0.146. The number of H-pyrrole nitrogens is 1. The third kappa shape index (κ3) is 21.4. The number of carbonyl (C=O) groups is 2. The second kappa shape index (κ2) is 31.2. The molecule has 5 aromatic carbocycles. The van der Waals surface area contributed by atoms with E-state index in [9.17, 15) is 9.59 Å². The van der Waals surface area contributed by atoms with Gasteiger partial charge in [0.15, 0.2) is 5.82 Å². The van der Waals surface area contributed by atoms with Gasteiger partial charge in [0.2, 0.25) is 5.91 Å². The first kappa shape index (κ1) is 69.0. The highest BCUT2D eigenvalue weighted by Gasteiger charge is 2.24. The number of hydrogen-bond acceptors (Lipinski definition) is 6. The molecule has 1 aliphatic carbocycles. The Morgan fingerprint density at radius 2 is 0.849 bits per heavy atom. The molecule has 4 aliphatic rings. The first-order valence-electron chi connectivity index (χ1n) is 32.9. The van der Waals surface area contributed by atoms with Crippen LogP contribution in [-0.4, -0.2) is 94.1 Å². The maximum absolute atomic E-state index is 12.3. The maximum atomic E-state index is 12.3. The van der Waals surface area contributed by atoms with Crippen molar-refractivity contribution in [1.29, 1.82) is 0 Å². The number of nitrogens with zero attached hydrogens (tertiary/aromatic N) is 6. The number of hydrogen-bond donors (Lipinski definition) is 1. The maximum Gasteiger partial charge on any atom is 0.253 e. The Bertz CT molecular complexity index is 2900. The Labute approximate surface area is 522 Å². The molecule has 9 heteroatoms. The van der Waals surface area contributed by atoms with Crippen molar-refractivity contribution in [3.05, 3.63) is 172 Å². The van der Waals surface area contributed by atoms with E-state index >= 15 is 0 Å². The molecule has 6 aromatic rings. The number of anilines is 1. The zero-order chi connectivity index (χ0) is 62.9. The molecule has 3 aliphatic heterocycles. The molecule has 3 saturated heterocycles. The zero-order valence-corrected chi connectivity index (χ0v) is 56.7. The van der Waals surface area contributed by atoms with Crippen molar-refractivity contribution >= 4 is 17.5 Å². The standard InChI is InChI=1S/C17H27N.C16H24N2O.C16H23NO.C16H24.C12H15N3/c1-14(18-12-6-5-7-13-18)15-8-10-16(11-9-15)17(2,3)4;1-13(19)17-9-11-18(12-10-17)15-7-5-14(6-8-15)16(2,3)4;1-16(2,3)14-9-7-13(8-10-14)15(18)17-11-5-4-6-12-17;1-16(2,3)15-11-9-14(10-12-15)13-7-5-4-6-8-13;1-12(2,3)10-6-4-9(5-7-10)11-13-8-14-15-11/h8-11,14H,5-7,12-13H2,1-4H3;5-8H,9-12H2,1-4H3;7-10H,4-6,11-12H2,1-3H3;9-13H,4-8H2,1-3H3;4-8H,1-3H3,(H,13,14,15). The topological polar surface area (TPSA) is 88.7 Å². The van der Waals surface area contributed by atoms with Crippen LogP contribution in [0.25, 0.3) is 11.4 Å². The summed E-state index contributed by atoms with van der Waals surface area (Å²) in [5.74, 6) is 2.02. The van der Waals surface area contributed by atoms with Gasteiger partial charge in [0.25, 0.3) is 5.91 Å². The van der Waals surface area contributed by atoms with Gasteiger partial charge in [-0.05, 0) is 161 Å². The molecule has 86 heavy (non-hydrogen) atoms. The van der Waals surface area contributed by atoms with Gasteiger partial charge in [-0.25, -0.2) is 4.98 Å². The fraction of sp³-hybridized carbons (Fsp3) is 0.558. The van der Waals surface area contributed by atoms with Crippen LogP contribution in [0, 0.1) is 0 Å². The van der Waals surface area contributed by atoms with Crippen molar-refractivity contribution in [2.45, 2.75) is 227 Å². The van der Waals surface area contributed by atoms with E-state index < -0.39 is 0 Å². The summed E-state index contributed by atoms with van der Waals surface area (Å²) < 4.78 is 0. The number of carbonyl (C=O) groups excluding carboxylic acids is 2. The van der Waals surface area contributed by atoms with Gasteiger partial charge >= 0.3 is 0 Å². The molecular weight excluding hydrogens is 1050 g/mol. The Morgan fingerprint density at radius 3 is 1.27 bits per heavy atom. The number of likely N-dealkylation sites (tertiary alicyclic amines) is 2. The first-order valence-corrected chi connectivity index (χ1v) is 32.9. The highest BCUT2D eigenvalue weighted by molar-refractivity contribution is 5.94. The molecule has 1 unspecified atom stereocenters. The summed E-state index contributed by atoms with van der Waals surface area (Å²) in [6.07, 6.45) is 16.3. The molecule has 9 nitrogen and oxygen atoms in total. The van der Waals surface area contributed by atoms with Gasteiger partial charge in [-0.2, -0.15) is 5.10 Å². The highest BCUT2D eigenvalue weighted by atomic mass is 16.2. The third-order valence-corrected chi connectivity index (χ3v) is 18.0. The fourth-order valence-electron chi connectivity index (χ4n) is 11.8. The molecule has 0 spiro atoms. The van der Waals surface area contributed by atoms with Gasteiger partial charge in [0.1, 0.15) is 6.33 Å². The SMILES string of the molecule is CC(=O)N1CCN(c2ccc(C(C)(C)C)cc2)CC1.CC(C)(C)c1ccc(-c2ncn[nH]2)cc1.CC(C)(C)c1ccc(C(=O)N2CCCCC2)cc1.CC(C)(C)c1ccc(C2CCCCC2)cc1.CC(c1ccc(C(C)(C)C)cc1)N1CCCCC1. The largest absolute Gasteiger partial charge is 0.368 e. The summed E-state index contributed by atoms with van der Waals surface area (Å²) in [4.78, 5) is 36.6. The van der Waals surface area contributed by atoms with Gasteiger partial charge < -0.3 is 14.7 Å². The number of piperidine rings is 2. The molecular formula is C77H113N7O2. The van der Waals surface area contributed by atoms with Crippen LogP contribution in [0.3, 0.4) is 0 Å². The lowest BCUT2D eigenvalue weighted by molar-refractivity contribution is -0.129. The number of rotatable bonds is 6. The lowest BCUT2D eigenvalue weighted by atomic mass is 9.81. The average molecular weight is 1170 g/mol. The number of benzene rings is 5. The molecule has 10 rings (SSSR count). The molecule has 0 radical (unpaired) electrons. The number of aromatic amines is 1. The highest BCUT2D eigenvalue weighted by Crippen LogP contribution is 2.35. The van der Waals surface area contributed by atoms with Crippen LogP contribution in [0.5, 0.6) is 0 Å². The molecule has 2 amide bonds. The predicted octanol–water partition coefficient (Wildman–Crippen LogP) is 18.6. The molecule has 0 bridgehead atoms. The summed E-state index contributed by atoms with van der Waals surface area (Å²) in [6.45, 7) is 45.4. The van der Waals surface area contributed by atoms with Crippen LogP contribution < -0.4 is 4.90 Å². The Balaban J connectivity index is 0.000000172. The van der Waals surface area contributed by atoms with Gasteiger partial charge in [0.05, 0.1) is 0 Å². The Hall–Kier alpha value is -6.06. The fourth-order valence-corrected chi connectivity index (χ4v) is 11.8. The smallest absolute Gasteiger partial charge is 0.253 e. The normalized spacial score (nSPS) is 16.8. The van der Waals surface area contributed by atoms with Crippen LogP contribution in [0.1, 0.15) is 250 Å². The van der Waals surface area contributed by atoms with Crippen molar-refractivity contribution in [3.63, 3.8) is 0 Å². The minimum Gasteiger partial charge on any atom is -0.368 e. The van der Waals surface area contributed by atoms with E-state index in [1.165, 1.54) is 116 Å². The van der Waals surface area contributed by atoms with Crippen LogP contribution in [0.4, 0.5) is 5.69 Å². The van der Waals surface area contributed by atoms with E-state index in [0.29, 0.717) is 6.04 Å². The van der Waals surface area contributed by atoms with Crippen molar-refractivity contribution in [1.82, 2.24) is 29.9 Å². The summed E-state index contributed by atoms with van der Waals surface area (Å²) in [5, 5.41) is 6.68. The van der Waals surface area contributed by atoms with E-state index in [2.05, 4.69) is 245 Å². The zero-order valence-electron chi connectivity index (χ0n) is 56.7. The van der Waals surface area contributed by atoms with Crippen LogP contribution in [0.2, 0.25) is 0 Å². The lowest BCUT2D eigenvalue weighted by Gasteiger charge is -2.35. The molecule has 1 saturated carbocycles. The Kier molecular flexibility index (Phi) is 25.1. The quantitative estimate of drug-likeness (QED) is 0.179. The summed E-state index contributed by atoms with van der Waals surface area (Å²) in [7, 11) is 0. The second-order valence-electron chi connectivity index (χ2n) is 30.0. The Morgan fingerprint density at radius 1 is 0.453 bits per heavy atom. The molecule has 468 valence electrons. The van der Waals surface area contributed by atoms with Gasteiger partial charge in [0, 0.05) is 69.0 Å². The molecule has 1 atom stereocenters. The lowest BCUT2D eigenvalue weighted by Crippen LogP contribution is -2.48. The molecule has 1 N–H and O–H groups in total. The third-order valence-electron chi connectivity index (χ3n) is 18.0. The van der Waals surface area contributed by atoms with E-state index in [0.717, 1.165) is 75.0 Å². The summed E-state index contributed by atoms with van der Waals surface area (Å²) in [6, 6.07) is 44.5. The number of nitrogens with one attached hydrogen (secondary N) is 1. The monoisotopic (exact) mass is 1170 g/mol. The van der Waals surface area contributed by atoms with Crippen LogP contribution in [-0.2, 0) is 31.9 Å². The van der Waals surface area contributed by atoms with E-state index in [1.807, 2.05) is 21.9 Å². The van der Waals surface area contributed by atoms with Crippen LogP contribution in [0.15, 0.2) is 128 Å². The number of aromatic nitrogens is 3.